The molecule has 4 atom stereocenters. The number of primary amides is 1. The lowest BCUT2D eigenvalue weighted by Crippen LogP contribution is -2.57. The summed E-state index contributed by atoms with van der Waals surface area (Å²) < 4.78 is 6.14. The maximum absolute atomic E-state index is 11.7. The highest BCUT2D eigenvalue weighted by Gasteiger charge is 2.34. The molecule has 0 radical (unpaired) electrons. The van der Waals surface area contributed by atoms with Crippen molar-refractivity contribution in [2.24, 2.45) is 11.7 Å². The predicted octanol–water partition coefficient (Wildman–Crippen LogP) is 2.60. The second-order valence-electron chi connectivity index (χ2n) is 7.04. The lowest BCUT2D eigenvalue weighted by atomic mass is 9.88. The summed E-state index contributed by atoms with van der Waals surface area (Å²) >= 11 is 0. The highest BCUT2D eigenvalue weighted by Crippen LogP contribution is 2.28. The van der Waals surface area contributed by atoms with Gasteiger partial charge in [0.25, 0.3) is 0 Å². The number of rotatable bonds is 7. The number of hydrogen-bond acceptors (Lipinski definition) is 3. The number of amides is 1. The van der Waals surface area contributed by atoms with Crippen molar-refractivity contribution in [1.82, 2.24) is 5.32 Å². The third kappa shape index (κ3) is 5.41. The van der Waals surface area contributed by atoms with Crippen LogP contribution in [0.15, 0.2) is 0 Å². The molecule has 1 amide bonds. The number of carbonyl (C=O) groups is 1. The van der Waals surface area contributed by atoms with Gasteiger partial charge in [-0.2, -0.15) is 0 Å². The lowest BCUT2D eigenvalue weighted by molar-refractivity contribution is -0.126. The van der Waals surface area contributed by atoms with Crippen LogP contribution in [0, 0.1) is 5.92 Å². The van der Waals surface area contributed by atoms with Crippen LogP contribution in [0.1, 0.15) is 66.7 Å². The molecule has 0 spiro atoms. The second-order valence-corrected chi connectivity index (χ2v) is 7.04. The van der Waals surface area contributed by atoms with Crippen molar-refractivity contribution in [3.8, 4) is 0 Å². The molecule has 1 aliphatic rings. The number of carbonyl (C=O) groups excluding carboxylic acids is 1. The summed E-state index contributed by atoms with van der Waals surface area (Å²) in [5.41, 5.74) is 4.87. The molecule has 0 aromatic heterocycles. The van der Waals surface area contributed by atoms with Crippen molar-refractivity contribution in [3.63, 3.8) is 0 Å². The van der Waals surface area contributed by atoms with E-state index in [-0.39, 0.29) is 18.1 Å². The monoisotopic (exact) mass is 284 g/mol. The summed E-state index contributed by atoms with van der Waals surface area (Å²) in [4.78, 5) is 11.7. The van der Waals surface area contributed by atoms with Crippen molar-refractivity contribution in [2.45, 2.75) is 90.5 Å². The molecule has 1 saturated carbocycles. The molecule has 20 heavy (non-hydrogen) atoms. The fourth-order valence-corrected chi connectivity index (χ4v) is 3.32. The van der Waals surface area contributed by atoms with Crippen LogP contribution in [0.5, 0.6) is 0 Å². The molecule has 0 aliphatic heterocycles. The molecular weight excluding hydrogens is 252 g/mol. The number of hydrogen-bond donors (Lipinski definition) is 2. The van der Waals surface area contributed by atoms with E-state index in [0.717, 1.165) is 18.8 Å². The first-order chi connectivity index (χ1) is 9.23. The maximum atomic E-state index is 11.7. The molecule has 1 aliphatic carbocycles. The van der Waals surface area contributed by atoms with Gasteiger partial charge in [-0.15, -0.1) is 0 Å². The smallest absolute Gasteiger partial charge is 0.237 e. The molecule has 0 heterocycles. The molecule has 0 bridgehead atoms. The van der Waals surface area contributed by atoms with Gasteiger partial charge in [0.05, 0.1) is 17.7 Å². The zero-order valence-electron chi connectivity index (χ0n) is 13.7. The summed E-state index contributed by atoms with van der Waals surface area (Å²) in [7, 11) is 0. The van der Waals surface area contributed by atoms with Crippen molar-refractivity contribution in [1.29, 1.82) is 0 Å². The van der Waals surface area contributed by atoms with E-state index in [4.69, 9.17) is 10.5 Å². The SMILES string of the molecule is CC1CCCC(OC(C)CC(C)(NC(C)C)C(N)=O)C1. The standard InChI is InChI=1S/C16H32N2O2/c1-11(2)18-16(5,15(17)19)10-13(4)20-14-8-6-7-12(3)9-14/h11-14,18H,6-10H2,1-5H3,(H2,17,19). The Morgan fingerprint density at radius 2 is 2.05 bits per heavy atom. The van der Waals surface area contributed by atoms with E-state index >= 15 is 0 Å². The first-order valence-electron chi connectivity index (χ1n) is 7.96. The quantitative estimate of drug-likeness (QED) is 0.755. The largest absolute Gasteiger partial charge is 0.375 e. The average Bonchev–Trinajstić information content (AvgIpc) is 2.26. The van der Waals surface area contributed by atoms with Crippen LogP contribution >= 0.6 is 0 Å². The van der Waals surface area contributed by atoms with E-state index in [0.29, 0.717) is 12.5 Å². The Morgan fingerprint density at radius 3 is 2.55 bits per heavy atom. The van der Waals surface area contributed by atoms with Crippen LogP contribution < -0.4 is 11.1 Å². The molecule has 1 rings (SSSR count). The Labute approximate surface area is 123 Å². The molecule has 0 aromatic carbocycles. The molecule has 4 unspecified atom stereocenters. The molecule has 0 saturated heterocycles. The third-order valence-corrected chi connectivity index (χ3v) is 4.16. The van der Waals surface area contributed by atoms with Crippen LogP contribution in [0.4, 0.5) is 0 Å². The van der Waals surface area contributed by atoms with Crippen LogP contribution in [-0.2, 0) is 9.53 Å². The van der Waals surface area contributed by atoms with E-state index in [9.17, 15) is 4.79 Å². The maximum Gasteiger partial charge on any atom is 0.237 e. The minimum Gasteiger partial charge on any atom is -0.375 e. The minimum atomic E-state index is -0.701. The van der Waals surface area contributed by atoms with Crippen LogP contribution in [-0.4, -0.2) is 29.7 Å². The molecule has 118 valence electrons. The lowest BCUT2D eigenvalue weighted by Gasteiger charge is -2.35. The van der Waals surface area contributed by atoms with Gasteiger partial charge in [-0.3, -0.25) is 4.79 Å². The molecular formula is C16H32N2O2. The van der Waals surface area contributed by atoms with Crippen LogP contribution in [0.25, 0.3) is 0 Å². The molecule has 4 heteroatoms. The topological polar surface area (TPSA) is 64.3 Å². The van der Waals surface area contributed by atoms with Gasteiger partial charge in [-0.1, -0.05) is 19.8 Å². The Bertz CT molecular complexity index is 320. The Morgan fingerprint density at radius 1 is 1.40 bits per heavy atom. The number of nitrogens with one attached hydrogen (secondary N) is 1. The van der Waals surface area contributed by atoms with Gasteiger partial charge in [0.2, 0.25) is 5.91 Å². The third-order valence-electron chi connectivity index (χ3n) is 4.16. The van der Waals surface area contributed by atoms with E-state index in [2.05, 4.69) is 12.2 Å². The van der Waals surface area contributed by atoms with E-state index < -0.39 is 5.54 Å². The fourth-order valence-electron chi connectivity index (χ4n) is 3.32. The van der Waals surface area contributed by atoms with Gasteiger partial charge >= 0.3 is 0 Å². The van der Waals surface area contributed by atoms with Gasteiger partial charge in [0.15, 0.2) is 0 Å². The Balaban J connectivity index is 2.53. The zero-order chi connectivity index (χ0) is 15.3. The van der Waals surface area contributed by atoms with Crippen LogP contribution in [0.2, 0.25) is 0 Å². The molecule has 3 N–H and O–H groups in total. The average molecular weight is 284 g/mol. The van der Waals surface area contributed by atoms with Crippen molar-refractivity contribution in [2.75, 3.05) is 0 Å². The molecule has 4 nitrogen and oxygen atoms in total. The van der Waals surface area contributed by atoms with Crippen LogP contribution in [0.3, 0.4) is 0 Å². The zero-order valence-corrected chi connectivity index (χ0v) is 13.7. The van der Waals surface area contributed by atoms with Gasteiger partial charge in [-0.25, -0.2) is 0 Å². The van der Waals surface area contributed by atoms with Crippen molar-refractivity contribution < 1.29 is 9.53 Å². The normalized spacial score (nSPS) is 28.1. The highest BCUT2D eigenvalue weighted by molar-refractivity contribution is 5.84. The van der Waals surface area contributed by atoms with E-state index in [1.807, 2.05) is 27.7 Å². The van der Waals surface area contributed by atoms with E-state index in [1.54, 1.807) is 0 Å². The Hall–Kier alpha value is -0.610. The van der Waals surface area contributed by atoms with Gasteiger partial charge < -0.3 is 15.8 Å². The molecule has 0 aromatic rings. The Kier molecular flexibility index (Phi) is 6.46. The summed E-state index contributed by atoms with van der Waals surface area (Å²) in [5.74, 6) is 0.441. The van der Waals surface area contributed by atoms with Gasteiger partial charge in [-0.05, 0) is 46.5 Å². The minimum absolute atomic E-state index is 0.0362. The summed E-state index contributed by atoms with van der Waals surface area (Å²) in [6.45, 7) is 10.3. The summed E-state index contributed by atoms with van der Waals surface area (Å²) in [5, 5.41) is 3.28. The van der Waals surface area contributed by atoms with E-state index in [1.165, 1.54) is 12.8 Å². The number of nitrogens with two attached hydrogens (primary N) is 1. The highest BCUT2D eigenvalue weighted by atomic mass is 16.5. The van der Waals surface area contributed by atoms with Crippen molar-refractivity contribution in [3.05, 3.63) is 0 Å². The first kappa shape index (κ1) is 17.4. The van der Waals surface area contributed by atoms with Gasteiger partial charge in [0.1, 0.15) is 0 Å². The summed E-state index contributed by atoms with van der Waals surface area (Å²) in [6, 6.07) is 0.217. The number of ether oxygens (including phenoxy) is 1. The second kappa shape index (κ2) is 7.41. The predicted molar refractivity (Wildman–Crippen MR) is 82.5 cm³/mol. The fraction of sp³-hybridized carbons (Fsp3) is 0.938. The molecule has 1 fully saturated rings. The van der Waals surface area contributed by atoms with Gasteiger partial charge in [0, 0.05) is 12.5 Å². The first-order valence-corrected chi connectivity index (χ1v) is 7.96. The summed E-state index contributed by atoms with van der Waals surface area (Å²) in [6.07, 6.45) is 5.82. The van der Waals surface area contributed by atoms with Crippen molar-refractivity contribution >= 4 is 5.91 Å².